The number of thioether (sulfide) groups is 1. The molecule has 7 heteroatoms. The van der Waals surface area contributed by atoms with E-state index < -0.39 is 0 Å². The number of carbonyl (C=O) groups is 1. The SMILES string of the molecule is Cc1ccc(C(C)C)c(OCc2nnc(SCC(=O)NC3CCCC3)n2C)c1. The highest BCUT2D eigenvalue weighted by atomic mass is 32.2. The highest BCUT2D eigenvalue weighted by molar-refractivity contribution is 7.99. The van der Waals surface area contributed by atoms with Crippen molar-refractivity contribution in [3.8, 4) is 5.75 Å². The van der Waals surface area contributed by atoms with E-state index in [1.807, 2.05) is 11.6 Å². The molecule has 3 rings (SSSR count). The van der Waals surface area contributed by atoms with Crippen LogP contribution in [0.2, 0.25) is 0 Å². The molecule has 0 radical (unpaired) electrons. The van der Waals surface area contributed by atoms with Crippen molar-refractivity contribution in [3.63, 3.8) is 0 Å². The van der Waals surface area contributed by atoms with Crippen molar-refractivity contribution in [2.45, 2.75) is 70.2 Å². The van der Waals surface area contributed by atoms with E-state index in [1.165, 1.54) is 35.7 Å². The molecule has 1 aliphatic rings. The predicted molar refractivity (Wildman–Crippen MR) is 112 cm³/mol. The number of carbonyl (C=O) groups excluding carboxylic acids is 1. The average molecular weight is 403 g/mol. The largest absolute Gasteiger partial charge is 0.485 e. The van der Waals surface area contributed by atoms with Crippen molar-refractivity contribution in [2.24, 2.45) is 7.05 Å². The highest BCUT2D eigenvalue weighted by Crippen LogP contribution is 2.28. The second kappa shape index (κ2) is 9.45. The molecule has 1 amide bonds. The fourth-order valence-corrected chi connectivity index (χ4v) is 4.19. The van der Waals surface area contributed by atoms with Gasteiger partial charge in [-0.25, -0.2) is 0 Å². The molecular weight excluding hydrogens is 372 g/mol. The van der Waals surface area contributed by atoms with Crippen molar-refractivity contribution in [2.75, 3.05) is 5.75 Å². The molecule has 1 N–H and O–H groups in total. The molecular formula is C21H30N4O2S. The van der Waals surface area contributed by atoms with E-state index in [2.05, 4.69) is 54.5 Å². The molecule has 0 bridgehead atoms. The summed E-state index contributed by atoms with van der Waals surface area (Å²) in [6.07, 6.45) is 4.62. The van der Waals surface area contributed by atoms with Crippen molar-refractivity contribution in [1.82, 2.24) is 20.1 Å². The summed E-state index contributed by atoms with van der Waals surface area (Å²) in [6.45, 7) is 6.72. The molecule has 1 aliphatic carbocycles. The molecule has 0 saturated heterocycles. The van der Waals surface area contributed by atoms with Gasteiger partial charge in [0.05, 0.1) is 5.75 Å². The quantitative estimate of drug-likeness (QED) is 0.677. The van der Waals surface area contributed by atoms with E-state index in [-0.39, 0.29) is 5.91 Å². The Balaban J connectivity index is 1.56. The van der Waals surface area contributed by atoms with E-state index in [4.69, 9.17) is 4.74 Å². The zero-order chi connectivity index (χ0) is 20.1. The fourth-order valence-electron chi connectivity index (χ4n) is 3.45. The van der Waals surface area contributed by atoms with E-state index in [0.717, 1.165) is 29.6 Å². The molecule has 28 heavy (non-hydrogen) atoms. The summed E-state index contributed by atoms with van der Waals surface area (Å²) >= 11 is 1.41. The lowest BCUT2D eigenvalue weighted by atomic mass is 10.0. The van der Waals surface area contributed by atoms with E-state index in [0.29, 0.717) is 24.3 Å². The Hall–Kier alpha value is -2.02. The van der Waals surface area contributed by atoms with Gasteiger partial charge in [0.1, 0.15) is 12.4 Å². The predicted octanol–water partition coefficient (Wildman–Crippen LogP) is 3.98. The zero-order valence-corrected chi connectivity index (χ0v) is 18.0. The molecule has 1 aromatic heterocycles. The molecule has 1 aromatic carbocycles. The monoisotopic (exact) mass is 402 g/mol. The van der Waals surface area contributed by atoms with Gasteiger partial charge in [0.2, 0.25) is 5.91 Å². The van der Waals surface area contributed by atoms with Crippen LogP contribution in [0.5, 0.6) is 5.75 Å². The van der Waals surface area contributed by atoms with Gasteiger partial charge < -0.3 is 14.6 Å². The lowest BCUT2D eigenvalue weighted by molar-refractivity contribution is -0.119. The minimum atomic E-state index is 0.0686. The van der Waals surface area contributed by atoms with Crippen LogP contribution in [0.4, 0.5) is 0 Å². The smallest absolute Gasteiger partial charge is 0.230 e. The van der Waals surface area contributed by atoms with Gasteiger partial charge in [-0.05, 0) is 42.9 Å². The van der Waals surface area contributed by atoms with Crippen LogP contribution in [0.25, 0.3) is 0 Å². The summed E-state index contributed by atoms with van der Waals surface area (Å²) in [7, 11) is 1.91. The summed E-state index contributed by atoms with van der Waals surface area (Å²) in [5, 5.41) is 12.3. The molecule has 2 aromatic rings. The molecule has 1 fully saturated rings. The summed E-state index contributed by atoms with van der Waals surface area (Å²) in [6, 6.07) is 6.64. The van der Waals surface area contributed by atoms with Crippen LogP contribution in [-0.2, 0) is 18.4 Å². The molecule has 152 valence electrons. The third kappa shape index (κ3) is 5.28. The number of nitrogens with zero attached hydrogens (tertiary/aromatic N) is 3. The Bertz CT molecular complexity index is 813. The number of aryl methyl sites for hydroxylation is 1. The van der Waals surface area contributed by atoms with Crippen LogP contribution in [0.3, 0.4) is 0 Å². The number of hydrogen-bond acceptors (Lipinski definition) is 5. The zero-order valence-electron chi connectivity index (χ0n) is 17.2. The second-order valence-corrected chi connectivity index (χ2v) is 8.72. The number of ether oxygens (including phenoxy) is 1. The lowest BCUT2D eigenvalue weighted by Gasteiger charge is -2.14. The van der Waals surface area contributed by atoms with Crippen LogP contribution in [0, 0.1) is 6.92 Å². The van der Waals surface area contributed by atoms with Gasteiger partial charge in [0.15, 0.2) is 11.0 Å². The van der Waals surface area contributed by atoms with Gasteiger partial charge in [-0.1, -0.05) is 50.6 Å². The highest BCUT2D eigenvalue weighted by Gasteiger charge is 2.18. The number of aromatic nitrogens is 3. The number of amides is 1. The maximum Gasteiger partial charge on any atom is 0.230 e. The topological polar surface area (TPSA) is 69.0 Å². The van der Waals surface area contributed by atoms with Gasteiger partial charge in [-0.3, -0.25) is 4.79 Å². The number of benzene rings is 1. The fraction of sp³-hybridized carbons (Fsp3) is 0.571. The third-order valence-corrected chi connectivity index (χ3v) is 6.15. The summed E-state index contributed by atoms with van der Waals surface area (Å²) < 4.78 is 7.96. The maximum atomic E-state index is 12.1. The third-order valence-electron chi connectivity index (χ3n) is 5.13. The first-order valence-corrected chi connectivity index (χ1v) is 11.0. The van der Waals surface area contributed by atoms with Crippen LogP contribution >= 0.6 is 11.8 Å². The van der Waals surface area contributed by atoms with Crippen molar-refractivity contribution in [3.05, 3.63) is 35.2 Å². The minimum Gasteiger partial charge on any atom is -0.485 e. The first kappa shape index (κ1) is 20.7. The van der Waals surface area contributed by atoms with E-state index >= 15 is 0 Å². The molecule has 0 atom stereocenters. The molecule has 0 spiro atoms. The average Bonchev–Trinajstić information content (AvgIpc) is 3.28. The standard InChI is InChI=1S/C21H30N4O2S/c1-14(2)17-10-9-15(3)11-18(17)27-12-19-23-24-21(25(19)4)28-13-20(26)22-16-7-5-6-8-16/h9-11,14,16H,5-8,12-13H2,1-4H3,(H,22,26). The van der Waals surface area contributed by atoms with Crippen molar-refractivity contribution >= 4 is 17.7 Å². The van der Waals surface area contributed by atoms with Crippen molar-refractivity contribution in [1.29, 1.82) is 0 Å². The Kier molecular flexibility index (Phi) is 6.99. The Morgan fingerprint density at radius 3 is 2.79 bits per heavy atom. The van der Waals surface area contributed by atoms with Crippen LogP contribution in [0.1, 0.15) is 62.4 Å². The molecule has 6 nitrogen and oxygen atoms in total. The Morgan fingerprint density at radius 1 is 1.32 bits per heavy atom. The van der Waals surface area contributed by atoms with E-state index in [1.54, 1.807) is 0 Å². The molecule has 1 saturated carbocycles. The lowest BCUT2D eigenvalue weighted by Crippen LogP contribution is -2.33. The molecule has 0 unspecified atom stereocenters. The van der Waals surface area contributed by atoms with Crippen LogP contribution < -0.4 is 10.1 Å². The summed E-state index contributed by atoms with van der Waals surface area (Å²) in [5.41, 5.74) is 2.35. The Morgan fingerprint density at radius 2 is 2.07 bits per heavy atom. The Labute approximate surface area is 171 Å². The second-order valence-electron chi connectivity index (χ2n) is 7.78. The minimum absolute atomic E-state index is 0.0686. The summed E-state index contributed by atoms with van der Waals surface area (Å²) in [5.74, 6) is 2.45. The van der Waals surface area contributed by atoms with Gasteiger partial charge in [-0.15, -0.1) is 10.2 Å². The maximum absolute atomic E-state index is 12.1. The van der Waals surface area contributed by atoms with Crippen molar-refractivity contribution < 1.29 is 9.53 Å². The normalized spacial score (nSPS) is 14.6. The van der Waals surface area contributed by atoms with E-state index in [9.17, 15) is 4.79 Å². The molecule has 0 aliphatic heterocycles. The first-order valence-electron chi connectivity index (χ1n) is 9.98. The van der Waals surface area contributed by atoms with Gasteiger partial charge >= 0.3 is 0 Å². The van der Waals surface area contributed by atoms with Gasteiger partial charge in [-0.2, -0.15) is 0 Å². The van der Waals surface area contributed by atoms with Gasteiger partial charge in [0, 0.05) is 13.1 Å². The number of hydrogen-bond donors (Lipinski definition) is 1. The van der Waals surface area contributed by atoms with Crippen LogP contribution in [-0.4, -0.2) is 32.5 Å². The first-order chi connectivity index (χ1) is 13.4. The van der Waals surface area contributed by atoms with Crippen LogP contribution in [0.15, 0.2) is 23.4 Å². The number of rotatable bonds is 8. The summed E-state index contributed by atoms with van der Waals surface area (Å²) in [4.78, 5) is 12.1. The number of nitrogens with one attached hydrogen (secondary N) is 1. The van der Waals surface area contributed by atoms with Gasteiger partial charge in [0.25, 0.3) is 0 Å². The molecule has 1 heterocycles.